The van der Waals surface area contributed by atoms with Crippen molar-refractivity contribution in [2.45, 2.75) is 38.6 Å². The first-order valence-corrected chi connectivity index (χ1v) is 10.2. The van der Waals surface area contributed by atoms with Crippen LogP contribution in [-0.4, -0.2) is 37.3 Å². The Kier molecular flexibility index (Phi) is 7.54. The highest BCUT2D eigenvalue weighted by atomic mass is 16.5. The number of benzene rings is 2. The Morgan fingerprint density at radius 3 is 2.35 bits per heavy atom. The Bertz CT molecular complexity index is 980. The van der Waals surface area contributed by atoms with Crippen molar-refractivity contribution in [1.82, 2.24) is 5.32 Å². The number of hydrogen-bond donors (Lipinski definition) is 1. The molecule has 31 heavy (non-hydrogen) atoms. The molecule has 0 unspecified atom stereocenters. The smallest absolute Gasteiger partial charge is 0.337 e. The average Bonchev–Trinajstić information content (AvgIpc) is 3.27. The molecule has 0 aliphatic heterocycles. The van der Waals surface area contributed by atoms with E-state index in [0.717, 1.165) is 24.8 Å². The van der Waals surface area contributed by atoms with Crippen molar-refractivity contribution in [3.63, 3.8) is 0 Å². The van der Waals surface area contributed by atoms with Gasteiger partial charge in [0.05, 0.1) is 19.1 Å². The Morgan fingerprint density at radius 1 is 0.903 bits per heavy atom. The van der Waals surface area contributed by atoms with Crippen molar-refractivity contribution < 1.29 is 28.7 Å². The van der Waals surface area contributed by atoms with Crippen LogP contribution in [0.5, 0.6) is 0 Å². The molecule has 3 rings (SSSR count). The third kappa shape index (κ3) is 6.25. The second kappa shape index (κ2) is 10.5. The normalized spacial score (nSPS) is 12.0. The zero-order chi connectivity index (χ0) is 22.2. The summed E-state index contributed by atoms with van der Waals surface area (Å²) in [5.41, 5.74) is 4.32. The number of amides is 1. The van der Waals surface area contributed by atoms with Gasteiger partial charge in [0, 0.05) is 18.5 Å². The number of carbonyl (C=O) groups excluding carboxylic acids is 4. The summed E-state index contributed by atoms with van der Waals surface area (Å²) in [6.07, 6.45) is 3.13. The van der Waals surface area contributed by atoms with E-state index in [0.29, 0.717) is 11.1 Å². The molecule has 1 aliphatic carbocycles. The van der Waals surface area contributed by atoms with Crippen molar-refractivity contribution in [3.8, 4) is 0 Å². The molecule has 0 heterocycles. The fourth-order valence-electron chi connectivity index (χ4n) is 3.45. The molecule has 0 bridgehead atoms. The lowest BCUT2D eigenvalue weighted by Gasteiger charge is -2.08. The van der Waals surface area contributed by atoms with Gasteiger partial charge >= 0.3 is 11.9 Å². The highest BCUT2D eigenvalue weighted by Gasteiger charge is 2.16. The largest absolute Gasteiger partial charge is 0.465 e. The van der Waals surface area contributed by atoms with Gasteiger partial charge in [0.2, 0.25) is 0 Å². The summed E-state index contributed by atoms with van der Waals surface area (Å²) in [5.74, 6) is -1.58. The van der Waals surface area contributed by atoms with E-state index in [9.17, 15) is 19.2 Å². The molecule has 2 aromatic rings. The van der Waals surface area contributed by atoms with Gasteiger partial charge in [0.15, 0.2) is 12.4 Å². The number of rotatable bonds is 9. The lowest BCUT2D eigenvalue weighted by Crippen LogP contribution is -2.28. The molecular weight excluding hydrogens is 398 g/mol. The number of ether oxygens (including phenoxy) is 2. The molecule has 0 atom stereocenters. The lowest BCUT2D eigenvalue weighted by atomic mass is 10.0. The van der Waals surface area contributed by atoms with E-state index < -0.39 is 24.5 Å². The maximum atomic E-state index is 12.3. The molecule has 7 nitrogen and oxygen atoms in total. The number of fused-ring (bicyclic) bond motifs is 1. The SMILES string of the molecule is COC(=O)c1ccc(CNC(=O)COC(=O)CCC(=O)c2ccc3c(c2)CCC3)cc1. The van der Waals surface area contributed by atoms with E-state index >= 15 is 0 Å². The van der Waals surface area contributed by atoms with Crippen molar-refractivity contribution in [1.29, 1.82) is 0 Å². The lowest BCUT2D eigenvalue weighted by molar-refractivity contribution is -0.148. The number of ketones is 1. The average molecular weight is 423 g/mol. The summed E-state index contributed by atoms with van der Waals surface area (Å²) in [5, 5.41) is 2.63. The number of esters is 2. The standard InChI is InChI=1S/C24H25NO6/c1-30-24(29)18-7-5-16(6-8-18)14-25-22(27)15-31-23(28)12-11-21(26)20-10-9-17-3-2-4-19(17)13-20/h5-10,13H,2-4,11-12,14-15H2,1H3,(H,25,27). The first-order chi connectivity index (χ1) is 15.0. The summed E-state index contributed by atoms with van der Waals surface area (Å²) < 4.78 is 9.58. The van der Waals surface area contributed by atoms with Gasteiger partial charge in [-0.25, -0.2) is 4.79 Å². The van der Waals surface area contributed by atoms with Crippen LogP contribution in [0.4, 0.5) is 0 Å². The number of methoxy groups -OCH3 is 1. The predicted octanol–water partition coefficient (Wildman–Crippen LogP) is 2.78. The van der Waals surface area contributed by atoms with Crippen LogP contribution < -0.4 is 5.32 Å². The Hall–Kier alpha value is -3.48. The summed E-state index contributed by atoms with van der Waals surface area (Å²) >= 11 is 0. The zero-order valence-electron chi connectivity index (χ0n) is 17.4. The summed E-state index contributed by atoms with van der Waals surface area (Å²) in [6.45, 7) is -0.180. The molecule has 7 heteroatoms. The van der Waals surface area contributed by atoms with Crippen molar-refractivity contribution in [2.24, 2.45) is 0 Å². The molecule has 1 amide bonds. The molecule has 162 valence electrons. The molecule has 0 saturated heterocycles. The fourth-order valence-corrected chi connectivity index (χ4v) is 3.45. The first-order valence-electron chi connectivity index (χ1n) is 10.2. The zero-order valence-corrected chi connectivity index (χ0v) is 17.4. The number of carbonyl (C=O) groups is 4. The van der Waals surface area contributed by atoms with Crippen LogP contribution in [-0.2, 0) is 38.4 Å². The van der Waals surface area contributed by atoms with E-state index in [-0.39, 0.29) is 25.2 Å². The third-order valence-electron chi connectivity index (χ3n) is 5.21. The fraction of sp³-hybridized carbons (Fsp3) is 0.333. The maximum Gasteiger partial charge on any atom is 0.337 e. The molecule has 0 saturated carbocycles. The summed E-state index contributed by atoms with van der Waals surface area (Å²) in [7, 11) is 1.31. The molecule has 0 radical (unpaired) electrons. The van der Waals surface area contributed by atoms with Crippen LogP contribution in [0.2, 0.25) is 0 Å². The van der Waals surface area contributed by atoms with Gasteiger partial charge in [0.25, 0.3) is 5.91 Å². The monoisotopic (exact) mass is 423 g/mol. The van der Waals surface area contributed by atoms with Crippen LogP contribution in [0, 0.1) is 0 Å². The van der Waals surface area contributed by atoms with Gasteiger partial charge in [-0.2, -0.15) is 0 Å². The summed E-state index contributed by atoms with van der Waals surface area (Å²) in [4.78, 5) is 47.5. The van der Waals surface area contributed by atoms with Crippen LogP contribution in [0.15, 0.2) is 42.5 Å². The number of Topliss-reactive ketones (excluding diaryl/α,β-unsaturated/α-hetero) is 1. The van der Waals surface area contributed by atoms with Gasteiger partial charge in [-0.05, 0) is 54.2 Å². The maximum absolute atomic E-state index is 12.3. The van der Waals surface area contributed by atoms with E-state index in [2.05, 4.69) is 10.1 Å². The molecule has 1 aliphatic rings. The summed E-state index contributed by atoms with van der Waals surface area (Å²) in [6, 6.07) is 12.3. The third-order valence-corrected chi connectivity index (χ3v) is 5.21. The minimum atomic E-state index is -0.591. The number of nitrogens with one attached hydrogen (secondary N) is 1. The second-order valence-electron chi connectivity index (χ2n) is 7.39. The quantitative estimate of drug-likeness (QED) is 0.492. The van der Waals surface area contributed by atoms with E-state index in [1.54, 1.807) is 24.3 Å². The van der Waals surface area contributed by atoms with Crippen LogP contribution in [0.3, 0.4) is 0 Å². The van der Waals surface area contributed by atoms with Crippen molar-refractivity contribution >= 4 is 23.6 Å². The Labute approximate surface area is 180 Å². The van der Waals surface area contributed by atoms with Crippen LogP contribution >= 0.6 is 0 Å². The predicted molar refractivity (Wildman–Crippen MR) is 113 cm³/mol. The molecular formula is C24H25NO6. The Balaban J connectivity index is 1.36. The van der Waals surface area contributed by atoms with E-state index in [4.69, 9.17) is 4.74 Å². The molecule has 1 N–H and O–H groups in total. The topological polar surface area (TPSA) is 98.8 Å². The van der Waals surface area contributed by atoms with Crippen LogP contribution in [0.25, 0.3) is 0 Å². The van der Waals surface area contributed by atoms with Crippen LogP contribution in [0.1, 0.15) is 56.7 Å². The van der Waals surface area contributed by atoms with Gasteiger partial charge in [-0.15, -0.1) is 0 Å². The van der Waals surface area contributed by atoms with Gasteiger partial charge in [0.1, 0.15) is 0 Å². The van der Waals surface area contributed by atoms with E-state index in [1.165, 1.54) is 18.2 Å². The van der Waals surface area contributed by atoms with Crippen molar-refractivity contribution in [2.75, 3.05) is 13.7 Å². The van der Waals surface area contributed by atoms with Gasteiger partial charge < -0.3 is 14.8 Å². The molecule has 0 spiro atoms. The minimum Gasteiger partial charge on any atom is -0.465 e. The van der Waals surface area contributed by atoms with Gasteiger partial charge in [-0.3, -0.25) is 14.4 Å². The van der Waals surface area contributed by atoms with Gasteiger partial charge in [-0.1, -0.05) is 24.3 Å². The molecule has 0 aromatic heterocycles. The highest BCUT2D eigenvalue weighted by Crippen LogP contribution is 2.23. The molecule has 0 fully saturated rings. The van der Waals surface area contributed by atoms with E-state index in [1.807, 2.05) is 18.2 Å². The Morgan fingerprint density at radius 2 is 1.61 bits per heavy atom. The number of hydrogen-bond acceptors (Lipinski definition) is 6. The first kappa shape index (κ1) is 22.2. The minimum absolute atomic E-state index is 0.0474. The molecule has 2 aromatic carbocycles. The second-order valence-corrected chi connectivity index (χ2v) is 7.39. The number of aryl methyl sites for hydroxylation is 2. The highest BCUT2D eigenvalue weighted by molar-refractivity contribution is 5.98. The van der Waals surface area contributed by atoms with Crippen molar-refractivity contribution in [3.05, 3.63) is 70.3 Å².